The lowest BCUT2D eigenvalue weighted by molar-refractivity contribution is 1.15. The van der Waals surface area contributed by atoms with Crippen LogP contribution in [-0.4, -0.2) is 14.1 Å². The van der Waals surface area contributed by atoms with E-state index in [1.165, 1.54) is 44.1 Å². The lowest BCUT2D eigenvalue weighted by atomic mass is 9.95. The molecule has 3 nitrogen and oxygen atoms in total. The third kappa shape index (κ3) is 3.66. The van der Waals surface area contributed by atoms with Gasteiger partial charge in [0.05, 0.1) is 33.3 Å². The predicted octanol–water partition coefficient (Wildman–Crippen LogP) is 10.6. The third-order valence-corrected chi connectivity index (χ3v) is 8.77. The zero-order valence-corrected chi connectivity index (χ0v) is 23.9. The summed E-state index contributed by atoms with van der Waals surface area (Å²) in [5, 5.41) is 3.64. The zero-order valence-electron chi connectivity index (χ0n) is 23.9. The molecule has 0 saturated carbocycles. The van der Waals surface area contributed by atoms with E-state index in [-0.39, 0.29) is 0 Å². The fourth-order valence-corrected chi connectivity index (χ4v) is 6.89. The molecule has 0 bridgehead atoms. The van der Waals surface area contributed by atoms with Crippen LogP contribution in [0.5, 0.6) is 0 Å². The SMILES string of the molecule is c1ccc(-c2cccc(-c3ccccc3)c2-n2c3cc(-n4c5ccccc5c5ccccc54)ccc3c3ncccc32)cc1. The van der Waals surface area contributed by atoms with Crippen molar-refractivity contribution in [2.45, 2.75) is 0 Å². The molecule has 0 N–H and O–H groups in total. The van der Waals surface area contributed by atoms with Crippen molar-refractivity contribution >= 4 is 43.7 Å². The monoisotopic (exact) mass is 561 g/mol. The maximum atomic E-state index is 4.92. The third-order valence-electron chi connectivity index (χ3n) is 8.77. The average molecular weight is 562 g/mol. The number of aromatic nitrogens is 3. The highest BCUT2D eigenvalue weighted by molar-refractivity contribution is 6.11. The Labute approximate surface area is 254 Å². The van der Waals surface area contributed by atoms with Gasteiger partial charge in [0.1, 0.15) is 0 Å². The van der Waals surface area contributed by atoms with Crippen molar-refractivity contribution in [3.8, 4) is 33.6 Å². The van der Waals surface area contributed by atoms with Crippen LogP contribution < -0.4 is 0 Å². The number of fused-ring (bicyclic) bond motifs is 6. The van der Waals surface area contributed by atoms with Crippen molar-refractivity contribution < 1.29 is 0 Å². The first-order valence-corrected chi connectivity index (χ1v) is 15.0. The second kappa shape index (κ2) is 9.82. The van der Waals surface area contributed by atoms with Crippen molar-refractivity contribution in [3.63, 3.8) is 0 Å². The normalized spacial score (nSPS) is 11.6. The molecule has 9 aromatic rings. The second-order valence-corrected chi connectivity index (χ2v) is 11.2. The Morgan fingerprint density at radius 2 is 0.955 bits per heavy atom. The van der Waals surface area contributed by atoms with Gasteiger partial charge in [0.25, 0.3) is 0 Å². The molecule has 3 aromatic heterocycles. The van der Waals surface area contributed by atoms with Gasteiger partial charge in [0.2, 0.25) is 0 Å². The molecule has 0 aliphatic rings. The number of nitrogens with zero attached hydrogens (tertiary/aromatic N) is 3. The van der Waals surface area contributed by atoms with Gasteiger partial charge >= 0.3 is 0 Å². The Morgan fingerprint density at radius 1 is 0.386 bits per heavy atom. The minimum atomic E-state index is 0.998. The van der Waals surface area contributed by atoms with Crippen molar-refractivity contribution in [1.82, 2.24) is 14.1 Å². The summed E-state index contributed by atoms with van der Waals surface area (Å²) >= 11 is 0. The van der Waals surface area contributed by atoms with Crippen LogP contribution in [0.25, 0.3) is 77.4 Å². The summed E-state index contributed by atoms with van der Waals surface area (Å²) in [7, 11) is 0. The number of hydrogen-bond donors (Lipinski definition) is 0. The average Bonchev–Trinajstić information content (AvgIpc) is 3.61. The summed E-state index contributed by atoms with van der Waals surface area (Å²) in [6.45, 7) is 0. The first-order chi connectivity index (χ1) is 21.9. The van der Waals surface area contributed by atoms with E-state index in [1.54, 1.807) is 0 Å². The standard InChI is InChI=1S/C41H27N3/c1-3-13-28(14-4-1)31-19-11-20-32(29-15-5-2-6-16-29)41(31)44-38-23-12-26-42-40(38)35-25-24-30(27-39(35)44)43-36-21-9-7-17-33(36)34-18-8-10-22-37(34)43/h1-27H. The van der Waals surface area contributed by atoms with E-state index in [2.05, 4.69) is 161 Å². The van der Waals surface area contributed by atoms with Gasteiger partial charge in [-0.3, -0.25) is 4.98 Å². The number of pyridine rings is 1. The fraction of sp³-hybridized carbons (Fsp3) is 0. The van der Waals surface area contributed by atoms with Crippen LogP contribution in [-0.2, 0) is 0 Å². The molecule has 0 aliphatic carbocycles. The van der Waals surface area contributed by atoms with Crippen molar-refractivity contribution in [2.24, 2.45) is 0 Å². The van der Waals surface area contributed by atoms with Crippen LogP contribution in [0.2, 0.25) is 0 Å². The summed E-state index contributed by atoms with van der Waals surface area (Å²) in [5.41, 5.74) is 12.6. The Kier molecular flexibility index (Phi) is 5.50. The van der Waals surface area contributed by atoms with Crippen molar-refractivity contribution in [1.29, 1.82) is 0 Å². The first kappa shape index (κ1) is 24.6. The molecule has 0 unspecified atom stereocenters. The van der Waals surface area contributed by atoms with E-state index in [0.29, 0.717) is 0 Å². The van der Waals surface area contributed by atoms with Crippen LogP contribution in [0.15, 0.2) is 164 Å². The van der Waals surface area contributed by atoms with Crippen molar-refractivity contribution in [2.75, 3.05) is 0 Å². The molecule has 44 heavy (non-hydrogen) atoms. The summed E-state index contributed by atoms with van der Waals surface area (Å²) in [6, 6.07) is 56.5. The molecule has 0 radical (unpaired) electrons. The number of benzene rings is 6. The summed E-state index contributed by atoms with van der Waals surface area (Å²) in [5.74, 6) is 0. The quantitative estimate of drug-likeness (QED) is 0.210. The van der Waals surface area contributed by atoms with Crippen LogP contribution in [0, 0.1) is 0 Å². The molecule has 6 aromatic carbocycles. The molecular formula is C41H27N3. The minimum absolute atomic E-state index is 0.998. The Balaban J connectivity index is 1.43. The molecule has 0 aliphatic heterocycles. The van der Waals surface area contributed by atoms with Gasteiger partial charge in [0, 0.05) is 39.2 Å². The summed E-state index contributed by atoms with van der Waals surface area (Å²) in [6.07, 6.45) is 1.90. The Morgan fingerprint density at radius 3 is 1.59 bits per heavy atom. The van der Waals surface area contributed by atoms with Gasteiger partial charge in [-0.25, -0.2) is 0 Å². The van der Waals surface area contributed by atoms with Crippen LogP contribution in [0.3, 0.4) is 0 Å². The van der Waals surface area contributed by atoms with Crippen LogP contribution in [0.4, 0.5) is 0 Å². The molecule has 206 valence electrons. The molecule has 0 spiro atoms. The highest BCUT2D eigenvalue weighted by atomic mass is 15.0. The lowest BCUT2D eigenvalue weighted by Crippen LogP contribution is -2.01. The highest BCUT2D eigenvalue weighted by Gasteiger charge is 2.21. The molecule has 3 heteroatoms. The number of para-hydroxylation sites is 3. The fourth-order valence-electron chi connectivity index (χ4n) is 6.89. The first-order valence-electron chi connectivity index (χ1n) is 15.0. The Hall–Kier alpha value is -5.93. The van der Waals surface area contributed by atoms with Crippen molar-refractivity contribution in [3.05, 3.63) is 164 Å². The topological polar surface area (TPSA) is 22.8 Å². The summed E-state index contributed by atoms with van der Waals surface area (Å²) < 4.78 is 4.82. The van der Waals surface area contributed by atoms with Gasteiger partial charge in [0.15, 0.2) is 0 Å². The maximum absolute atomic E-state index is 4.92. The van der Waals surface area contributed by atoms with Gasteiger partial charge in [-0.2, -0.15) is 0 Å². The molecular weight excluding hydrogens is 534 g/mol. The number of rotatable bonds is 4. The number of hydrogen-bond acceptors (Lipinski definition) is 1. The smallest absolute Gasteiger partial charge is 0.0963 e. The van der Waals surface area contributed by atoms with Crippen LogP contribution >= 0.6 is 0 Å². The second-order valence-electron chi connectivity index (χ2n) is 11.2. The summed E-state index contributed by atoms with van der Waals surface area (Å²) in [4.78, 5) is 4.92. The molecule has 0 amide bonds. The maximum Gasteiger partial charge on any atom is 0.0963 e. The van der Waals surface area contributed by atoms with Gasteiger partial charge in [-0.1, -0.05) is 115 Å². The molecule has 0 atom stereocenters. The largest absolute Gasteiger partial charge is 0.309 e. The van der Waals surface area contributed by atoms with E-state index in [4.69, 9.17) is 4.98 Å². The minimum Gasteiger partial charge on any atom is -0.309 e. The van der Waals surface area contributed by atoms with E-state index in [1.807, 2.05) is 12.3 Å². The molecule has 3 heterocycles. The van der Waals surface area contributed by atoms with Crippen LogP contribution in [0.1, 0.15) is 0 Å². The molecule has 0 saturated heterocycles. The Bertz CT molecular complexity index is 2370. The molecule has 9 rings (SSSR count). The van der Waals surface area contributed by atoms with E-state index < -0.39 is 0 Å². The van der Waals surface area contributed by atoms with Gasteiger partial charge < -0.3 is 9.13 Å². The molecule has 0 fully saturated rings. The predicted molar refractivity (Wildman–Crippen MR) is 184 cm³/mol. The van der Waals surface area contributed by atoms with E-state index in [0.717, 1.165) is 33.3 Å². The van der Waals surface area contributed by atoms with E-state index in [9.17, 15) is 0 Å². The zero-order chi connectivity index (χ0) is 29.0. The van der Waals surface area contributed by atoms with Gasteiger partial charge in [-0.05, 0) is 53.6 Å². The van der Waals surface area contributed by atoms with E-state index >= 15 is 0 Å². The van der Waals surface area contributed by atoms with Gasteiger partial charge in [-0.15, -0.1) is 0 Å². The lowest BCUT2D eigenvalue weighted by Gasteiger charge is -2.19. The highest BCUT2D eigenvalue weighted by Crippen LogP contribution is 2.42.